The number of carboxylic acid groups (broad SMARTS) is 1. The summed E-state index contributed by atoms with van der Waals surface area (Å²) in [5, 5.41) is 12.0. The van der Waals surface area contributed by atoms with Crippen molar-refractivity contribution in [3.05, 3.63) is 29.8 Å². The number of carboxylic acids is 1. The Bertz CT molecular complexity index is 495. The molecule has 1 fully saturated rings. The van der Waals surface area contributed by atoms with Crippen LogP contribution >= 0.6 is 0 Å². The monoisotopic (exact) mass is 292 g/mol. The number of nitrogens with one attached hydrogen (secondary N) is 1. The second-order valence-corrected chi connectivity index (χ2v) is 5.12. The summed E-state index contributed by atoms with van der Waals surface area (Å²) >= 11 is 0. The predicted molar refractivity (Wildman–Crippen MR) is 78.2 cm³/mol. The molecule has 6 heteroatoms. The lowest BCUT2D eigenvalue weighted by Crippen LogP contribution is -2.48. The van der Waals surface area contributed by atoms with Crippen molar-refractivity contribution in [2.75, 3.05) is 31.6 Å². The molecule has 21 heavy (non-hydrogen) atoms. The van der Waals surface area contributed by atoms with Gasteiger partial charge in [0.25, 0.3) is 0 Å². The van der Waals surface area contributed by atoms with E-state index in [9.17, 15) is 14.7 Å². The molecule has 0 aliphatic carbocycles. The predicted octanol–water partition coefficient (Wildman–Crippen LogP) is 1.11. The molecule has 0 aromatic heterocycles. The molecule has 1 saturated heterocycles. The Hall–Kier alpha value is -1.92. The SMILES string of the molecule is Cc1ccc(NC(=O)CC(C(=O)O)N2CCOCC2)cc1. The third-order valence-corrected chi connectivity index (χ3v) is 3.49. The number of morpholine rings is 1. The first-order chi connectivity index (χ1) is 10.1. The van der Waals surface area contributed by atoms with Crippen LogP contribution in [0.25, 0.3) is 0 Å². The number of hydrogen-bond donors (Lipinski definition) is 2. The van der Waals surface area contributed by atoms with E-state index in [1.54, 1.807) is 17.0 Å². The summed E-state index contributed by atoms with van der Waals surface area (Å²) < 4.78 is 5.21. The number of rotatable bonds is 5. The van der Waals surface area contributed by atoms with Gasteiger partial charge in [0.2, 0.25) is 5.91 Å². The van der Waals surface area contributed by atoms with Crippen LogP contribution in [0.1, 0.15) is 12.0 Å². The number of carbonyl (C=O) groups is 2. The zero-order chi connectivity index (χ0) is 15.2. The lowest BCUT2D eigenvalue weighted by Gasteiger charge is -2.31. The van der Waals surface area contributed by atoms with E-state index in [1.807, 2.05) is 19.1 Å². The van der Waals surface area contributed by atoms with Crippen molar-refractivity contribution in [2.24, 2.45) is 0 Å². The lowest BCUT2D eigenvalue weighted by molar-refractivity contribution is -0.147. The van der Waals surface area contributed by atoms with E-state index < -0.39 is 12.0 Å². The van der Waals surface area contributed by atoms with Crippen LogP contribution in [-0.2, 0) is 14.3 Å². The van der Waals surface area contributed by atoms with Crippen molar-refractivity contribution in [3.8, 4) is 0 Å². The Kier molecular flexibility index (Phi) is 5.30. The van der Waals surface area contributed by atoms with Crippen LogP contribution in [0, 0.1) is 6.92 Å². The molecule has 1 aliphatic rings. The number of nitrogens with zero attached hydrogens (tertiary/aromatic N) is 1. The summed E-state index contributed by atoms with van der Waals surface area (Å²) in [5.41, 5.74) is 1.78. The Morgan fingerprint density at radius 3 is 2.48 bits per heavy atom. The average Bonchev–Trinajstić information content (AvgIpc) is 2.48. The van der Waals surface area contributed by atoms with Gasteiger partial charge in [-0.2, -0.15) is 0 Å². The summed E-state index contributed by atoms with van der Waals surface area (Å²) in [6.45, 7) is 4.04. The standard InChI is InChI=1S/C15H20N2O4/c1-11-2-4-12(5-3-11)16-14(18)10-13(15(19)20)17-6-8-21-9-7-17/h2-5,13H,6-10H2,1H3,(H,16,18)(H,19,20). The van der Waals surface area contributed by atoms with Gasteiger partial charge in [0.05, 0.1) is 19.6 Å². The van der Waals surface area contributed by atoms with Crippen LogP contribution in [0.4, 0.5) is 5.69 Å². The minimum atomic E-state index is -0.976. The summed E-state index contributed by atoms with van der Waals surface area (Å²) in [6.07, 6.45) is -0.0663. The molecule has 1 heterocycles. The van der Waals surface area contributed by atoms with Gasteiger partial charge < -0.3 is 15.2 Å². The highest BCUT2D eigenvalue weighted by molar-refractivity contribution is 5.94. The van der Waals surface area contributed by atoms with E-state index in [4.69, 9.17) is 4.74 Å². The molecule has 114 valence electrons. The van der Waals surface area contributed by atoms with Gasteiger partial charge in [-0.3, -0.25) is 14.5 Å². The van der Waals surface area contributed by atoms with Crippen LogP contribution in [0.2, 0.25) is 0 Å². The Labute approximate surface area is 123 Å². The molecule has 1 amide bonds. The average molecular weight is 292 g/mol. The van der Waals surface area contributed by atoms with Crippen LogP contribution in [-0.4, -0.2) is 54.2 Å². The highest BCUT2D eigenvalue weighted by Gasteiger charge is 2.29. The van der Waals surface area contributed by atoms with Crippen molar-refractivity contribution >= 4 is 17.6 Å². The van der Waals surface area contributed by atoms with Gasteiger partial charge in [-0.05, 0) is 19.1 Å². The molecule has 0 bridgehead atoms. The smallest absolute Gasteiger partial charge is 0.321 e. The first-order valence-corrected chi connectivity index (χ1v) is 6.97. The van der Waals surface area contributed by atoms with E-state index in [2.05, 4.69) is 5.32 Å². The van der Waals surface area contributed by atoms with Crippen LogP contribution in [0.5, 0.6) is 0 Å². The first kappa shape index (κ1) is 15.5. The molecule has 2 N–H and O–H groups in total. The third kappa shape index (κ3) is 4.54. The molecule has 1 unspecified atom stereocenters. The van der Waals surface area contributed by atoms with Crippen LogP contribution in [0.3, 0.4) is 0 Å². The van der Waals surface area contributed by atoms with Crippen molar-refractivity contribution in [1.82, 2.24) is 4.90 Å². The number of aryl methyl sites for hydroxylation is 1. The highest BCUT2D eigenvalue weighted by atomic mass is 16.5. The number of ether oxygens (including phenoxy) is 1. The van der Waals surface area contributed by atoms with Crippen molar-refractivity contribution in [1.29, 1.82) is 0 Å². The lowest BCUT2D eigenvalue weighted by atomic mass is 10.1. The molecule has 0 spiro atoms. The second-order valence-electron chi connectivity index (χ2n) is 5.12. The van der Waals surface area contributed by atoms with Gasteiger partial charge in [0, 0.05) is 18.8 Å². The number of carbonyl (C=O) groups excluding carboxylic acids is 1. The Morgan fingerprint density at radius 2 is 1.90 bits per heavy atom. The minimum Gasteiger partial charge on any atom is -0.480 e. The maximum atomic E-state index is 12.0. The van der Waals surface area contributed by atoms with Gasteiger partial charge >= 0.3 is 5.97 Å². The van der Waals surface area contributed by atoms with Crippen molar-refractivity contribution in [3.63, 3.8) is 0 Å². The Morgan fingerprint density at radius 1 is 1.29 bits per heavy atom. The third-order valence-electron chi connectivity index (χ3n) is 3.49. The summed E-state index contributed by atoms with van der Waals surface area (Å²) in [4.78, 5) is 25.2. The molecule has 0 radical (unpaired) electrons. The zero-order valence-corrected chi connectivity index (χ0v) is 12.0. The maximum Gasteiger partial charge on any atom is 0.321 e. The largest absolute Gasteiger partial charge is 0.480 e. The van der Waals surface area contributed by atoms with Crippen LogP contribution in [0.15, 0.2) is 24.3 Å². The van der Waals surface area contributed by atoms with E-state index in [-0.39, 0.29) is 12.3 Å². The second kappa shape index (κ2) is 7.19. The van der Waals surface area contributed by atoms with Gasteiger partial charge in [0.1, 0.15) is 6.04 Å². The molecule has 1 atom stereocenters. The summed E-state index contributed by atoms with van der Waals surface area (Å²) in [5.74, 6) is -1.27. The first-order valence-electron chi connectivity index (χ1n) is 6.97. The minimum absolute atomic E-state index is 0.0663. The zero-order valence-electron chi connectivity index (χ0n) is 12.0. The molecule has 6 nitrogen and oxygen atoms in total. The van der Waals surface area contributed by atoms with Gasteiger partial charge in [-0.25, -0.2) is 0 Å². The number of hydrogen-bond acceptors (Lipinski definition) is 4. The molecule has 0 saturated carbocycles. The topological polar surface area (TPSA) is 78.9 Å². The quantitative estimate of drug-likeness (QED) is 0.850. The fourth-order valence-corrected chi connectivity index (χ4v) is 2.29. The molecule has 1 aromatic rings. The van der Waals surface area contributed by atoms with Crippen molar-refractivity contribution < 1.29 is 19.4 Å². The van der Waals surface area contributed by atoms with E-state index in [0.29, 0.717) is 32.0 Å². The number of anilines is 1. The molecule has 2 rings (SSSR count). The van der Waals surface area contributed by atoms with Gasteiger partial charge in [-0.15, -0.1) is 0 Å². The number of aliphatic carboxylic acids is 1. The molecular weight excluding hydrogens is 272 g/mol. The normalized spacial score (nSPS) is 17.2. The number of benzene rings is 1. The van der Waals surface area contributed by atoms with Crippen molar-refractivity contribution in [2.45, 2.75) is 19.4 Å². The van der Waals surface area contributed by atoms with Gasteiger partial charge in [0.15, 0.2) is 0 Å². The van der Waals surface area contributed by atoms with E-state index >= 15 is 0 Å². The highest BCUT2D eigenvalue weighted by Crippen LogP contribution is 2.12. The van der Waals surface area contributed by atoms with Crippen LogP contribution < -0.4 is 5.32 Å². The molecular formula is C15H20N2O4. The van der Waals surface area contributed by atoms with E-state index in [1.165, 1.54) is 0 Å². The fraction of sp³-hybridized carbons (Fsp3) is 0.467. The molecule has 1 aromatic carbocycles. The summed E-state index contributed by atoms with van der Waals surface area (Å²) in [7, 11) is 0. The maximum absolute atomic E-state index is 12.0. The van der Waals surface area contributed by atoms with E-state index in [0.717, 1.165) is 5.56 Å². The summed E-state index contributed by atoms with van der Waals surface area (Å²) in [6, 6.07) is 6.59. The van der Waals surface area contributed by atoms with Gasteiger partial charge in [-0.1, -0.05) is 17.7 Å². The number of amides is 1. The molecule has 1 aliphatic heterocycles. The fourth-order valence-electron chi connectivity index (χ4n) is 2.29. The Balaban J connectivity index is 1.94.